The van der Waals surface area contributed by atoms with Crippen molar-refractivity contribution >= 4 is 15.9 Å². The van der Waals surface area contributed by atoms with Crippen molar-refractivity contribution in [2.24, 2.45) is 11.5 Å². The molecule has 0 heterocycles. The quantitative estimate of drug-likeness (QED) is 0.139. The van der Waals surface area contributed by atoms with Crippen LogP contribution in [0.1, 0.15) is 123 Å². The zero-order valence-corrected chi connectivity index (χ0v) is 19.6. The van der Waals surface area contributed by atoms with Crippen molar-refractivity contribution in [3.8, 4) is 0 Å². The second-order valence-corrected chi connectivity index (χ2v) is 10.1. The first-order valence-electron chi connectivity index (χ1n) is 11.7. The second-order valence-electron chi connectivity index (χ2n) is 8.54. The highest BCUT2D eigenvalue weighted by Crippen LogP contribution is 2.19. The van der Waals surface area contributed by atoms with Crippen LogP contribution in [0.5, 0.6) is 0 Å². The zero-order chi connectivity index (χ0) is 22.2. The third-order valence-corrected chi connectivity index (χ3v) is 6.79. The Labute approximate surface area is 179 Å². The molecule has 0 fully saturated rings. The van der Waals surface area contributed by atoms with E-state index in [1.807, 2.05) is 6.92 Å². The summed E-state index contributed by atoms with van der Waals surface area (Å²) in [5.41, 5.74) is 10.1. The lowest BCUT2D eigenvalue weighted by Crippen LogP contribution is -2.61. The van der Waals surface area contributed by atoms with Gasteiger partial charge in [0, 0.05) is 0 Å². The van der Waals surface area contributed by atoms with Gasteiger partial charge in [0.05, 0.1) is 0 Å². The largest absolute Gasteiger partial charge is 0.307 e. The molecule has 1 atom stereocenters. The molecular formula is C22H46N2O4S. The molecule has 0 rings (SSSR count). The van der Waals surface area contributed by atoms with Crippen LogP contribution in [0.3, 0.4) is 0 Å². The van der Waals surface area contributed by atoms with E-state index >= 15 is 0 Å². The maximum Gasteiger partial charge on any atom is 0.275 e. The van der Waals surface area contributed by atoms with E-state index in [1.165, 1.54) is 51.4 Å². The minimum atomic E-state index is -4.50. The summed E-state index contributed by atoms with van der Waals surface area (Å²) >= 11 is 0. The van der Waals surface area contributed by atoms with Crippen LogP contribution in [0.15, 0.2) is 0 Å². The lowest BCUT2D eigenvalue weighted by molar-refractivity contribution is -0.124. The van der Waals surface area contributed by atoms with Gasteiger partial charge in [0.2, 0.25) is 0 Å². The van der Waals surface area contributed by atoms with Gasteiger partial charge in [-0.15, -0.1) is 0 Å². The van der Waals surface area contributed by atoms with Crippen LogP contribution in [-0.4, -0.2) is 29.7 Å². The summed E-state index contributed by atoms with van der Waals surface area (Å²) in [6, 6.07) is 0. The van der Waals surface area contributed by atoms with Crippen molar-refractivity contribution < 1.29 is 17.8 Å². The van der Waals surface area contributed by atoms with Crippen LogP contribution >= 0.6 is 0 Å². The van der Waals surface area contributed by atoms with Crippen molar-refractivity contribution in [1.29, 1.82) is 0 Å². The molecule has 0 aliphatic heterocycles. The average Bonchev–Trinajstić information content (AvgIpc) is 2.64. The molecule has 0 aromatic rings. The van der Waals surface area contributed by atoms with Crippen molar-refractivity contribution in [3.05, 3.63) is 0 Å². The number of unbranched alkanes of at least 4 members (excludes halogenated alkanes) is 13. The van der Waals surface area contributed by atoms with E-state index in [9.17, 15) is 17.8 Å². The maximum atomic E-state index is 12.5. The summed E-state index contributed by atoms with van der Waals surface area (Å²) in [6.07, 6.45) is 16.7. The number of ketones is 1. The number of carbonyl (C=O) groups is 1. The van der Waals surface area contributed by atoms with Gasteiger partial charge in [0.25, 0.3) is 10.1 Å². The van der Waals surface area contributed by atoms with E-state index in [0.29, 0.717) is 12.8 Å². The topological polar surface area (TPSA) is 123 Å². The fraction of sp³-hybridized carbons (Fsp3) is 0.955. The van der Waals surface area contributed by atoms with Gasteiger partial charge in [-0.05, 0) is 19.3 Å². The molecule has 29 heavy (non-hydrogen) atoms. The SMILES string of the molecule is CCCCCCCCCCCCCCC(C(=O)C(N)(N)CCCCC)S(=O)(=O)O. The summed E-state index contributed by atoms with van der Waals surface area (Å²) < 4.78 is 32.9. The van der Waals surface area contributed by atoms with E-state index in [0.717, 1.165) is 32.1 Å². The lowest BCUT2D eigenvalue weighted by Gasteiger charge is -2.26. The average molecular weight is 435 g/mol. The number of carbonyl (C=O) groups excluding carboxylic acids is 1. The smallest absolute Gasteiger partial charge is 0.275 e. The molecule has 7 heteroatoms. The third-order valence-electron chi connectivity index (χ3n) is 5.62. The number of Topliss-reactive ketones (excluding diaryl/α,β-unsaturated/α-hetero) is 1. The van der Waals surface area contributed by atoms with Crippen LogP contribution in [0, 0.1) is 0 Å². The standard InChI is InChI=1S/C22H46N2O4S/c1-3-5-7-8-9-10-11-12-13-14-15-16-18-20(29(26,27)28)21(25)22(23,24)19-17-6-4-2/h20H,3-19,23-24H2,1-2H3,(H,26,27,28). The molecular weight excluding hydrogens is 388 g/mol. The molecule has 174 valence electrons. The molecule has 5 N–H and O–H groups in total. The Bertz CT molecular complexity index is 521. The van der Waals surface area contributed by atoms with Crippen molar-refractivity contribution in [2.45, 2.75) is 134 Å². The Morgan fingerprint density at radius 1 is 0.759 bits per heavy atom. The summed E-state index contributed by atoms with van der Waals surface area (Å²) in [6.45, 7) is 4.25. The number of nitrogens with two attached hydrogens (primary N) is 2. The minimum Gasteiger partial charge on any atom is -0.307 e. The molecule has 1 unspecified atom stereocenters. The Kier molecular flexibility index (Phi) is 15.9. The fourth-order valence-corrected chi connectivity index (χ4v) is 4.63. The van der Waals surface area contributed by atoms with Crippen molar-refractivity contribution in [2.75, 3.05) is 0 Å². The molecule has 0 aromatic heterocycles. The highest BCUT2D eigenvalue weighted by Gasteiger charge is 2.40. The molecule has 0 saturated carbocycles. The number of hydrogen-bond donors (Lipinski definition) is 3. The lowest BCUT2D eigenvalue weighted by atomic mass is 9.94. The Morgan fingerprint density at radius 2 is 1.14 bits per heavy atom. The summed E-state index contributed by atoms with van der Waals surface area (Å²) in [7, 11) is -4.50. The molecule has 0 radical (unpaired) electrons. The molecule has 0 aliphatic carbocycles. The molecule has 0 aliphatic rings. The second kappa shape index (κ2) is 16.2. The first-order valence-corrected chi connectivity index (χ1v) is 13.3. The van der Waals surface area contributed by atoms with Crippen LogP contribution in [0.4, 0.5) is 0 Å². The van der Waals surface area contributed by atoms with Gasteiger partial charge in [-0.1, -0.05) is 104 Å². The first kappa shape index (κ1) is 28.5. The van der Waals surface area contributed by atoms with Crippen LogP contribution < -0.4 is 11.5 Å². The first-order chi connectivity index (χ1) is 13.7. The van der Waals surface area contributed by atoms with Gasteiger partial charge < -0.3 is 11.5 Å². The summed E-state index contributed by atoms with van der Waals surface area (Å²) in [5, 5.41) is -1.51. The summed E-state index contributed by atoms with van der Waals surface area (Å²) in [5.74, 6) is -0.765. The molecule has 0 amide bonds. The Balaban J connectivity index is 4.12. The van der Waals surface area contributed by atoms with E-state index in [1.54, 1.807) is 0 Å². The van der Waals surface area contributed by atoms with Gasteiger partial charge in [-0.3, -0.25) is 9.35 Å². The maximum absolute atomic E-state index is 12.5. The highest BCUT2D eigenvalue weighted by molar-refractivity contribution is 7.87. The number of rotatable bonds is 20. The van der Waals surface area contributed by atoms with Gasteiger partial charge in [0.1, 0.15) is 10.9 Å². The monoisotopic (exact) mass is 434 g/mol. The highest BCUT2D eigenvalue weighted by atomic mass is 32.2. The van der Waals surface area contributed by atoms with E-state index in [2.05, 4.69) is 6.92 Å². The van der Waals surface area contributed by atoms with E-state index in [4.69, 9.17) is 11.5 Å². The fourth-order valence-electron chi connectivity index (χ4n) is 3.68. The van der Waals surface area contributed by atoms with Gasteiger partial charge in [-0.25, -0.2) is 0 Å². The molecule has 0 aromatic carbocycles. The summed E-state index contributed by atoms with van der Waals surface area (Å²) in [4.78, 5) is 12.5. The van der Waals surface area contributed by atoms with Gasteiger partial charge >= 0.3 is 0 Å². The molecule has 0 bridgehead atoms. The Morgan fingerprint density at radius 3 is 1.55 bits per heavy atom. The van der Waals surface area contributed by atoms with E-state index in [-0.39, 0.29) is 12.8 Å². The minimum absolute atomic E-state index is 0.0824. The zero-order valence-electron chi connectivity index (χ0n) is 18.8. The Hall–Kier alpha value is -0.500. The predicted molar refractivity (Wildman–Crippen MR) is 121 cm³/mol. The van der Waals surface area contributed by atoms with Gasteiger partial charge in [0.15, 0.2) is 5.78 Å². The van der Waals surface area contributed by atoms with Crippen LogP contribution in [0.25, 0.3) is 0 Å². The van der Waals surface area contributed by atoms with Crippen molar-refractivity contribution in [3.63, 3.8) is 0 Å². The van der Waals surface area contributed by atoms with Crippen LogP contribution in [0.2, 0.25) is 0 Å². The molecule has 6 nitrogen and oxygen atoms in total. The van der Waals surface area contributed by atoms with Crippen molar-refractivity contribution in [1.82, 2.24) is 0 Å². The number of hydrogen-bond acceptors (Lipinski definition) is 5. The predicted octanol–water partition coefficient (Wildman–Crippen LogP) is 5.10. The molecule has 0 saturated heterocycles. The van der Waals surface area contributed by atoms with Crippen LogP contribution in [-0.2, 0) is 14.9 Å². The molecule has 0 spiro atoms. The van der Waals surface area contributed by atoms with Gasteiger partial charge in [-0.2, -0.15) is 8.42 Å². The third kappa shape index (κ3) is 14.2. The van der Waals surface area contributed by atoms with E-state index < -0.39 is 26.8 Å². The normalized spacial score (nSPS) is 13.6.